The number of aryl methyl sites for hydroxylation is 3. The third kappa shape index (κ3) is 2.78. The van der Waals surface area contributed by atoms with E-state index in [9.17, 15) is 4.79 Å². The first-order valence-electron chi connectivity index (χ1n) is 9.96. The van der Waals surface area contributed by atoms with Crippen LogP contribution in [0.15, 0.2) is 46.9 Å². The van der Waals surface area contributed by atoms with Gasteiger partial charge < -0.3 is 9.73 Å². The second kappa shape index (κ2) is 6.52. The molecule has 0 saturated carbocycles. The first-order valence-corrected chi connectivity index (χ1v) is 9.96. The van der Waals surface area contributed by atoms with Crippen molar-refractivity contribution in [2.45, 2.75) is 39.5 Å². The van der Waals surface area contributed by atoms with Crippen molar-refractivity contribution >= 4 is 23.2 Å². The van der Waals surface area contributed by atoms with Crippen LogP contribution in [-0.4, -0.2) is 5.91 Å². The Bertz CT molecular complexity index is 1120. The van der Waals surface area contributed by atoms with Crippen LogP contribution in [0, 0.1) is 13.8 Å². The van der Waals surface area contributed by atoms with Gasteiger partial charge in [-0.15, -0.1) is 0 Å². The fraction of sp³-hybridized carbons (Fsp3) is 0.240. The summed E-state index contributed by atoms with van der Waals surface area (Å²) < 4.78 is 6.32. The number of amides is 1. The van der Waals surface area contributed by atoms with E-state index in [1.165, 1.54) is 17.5 Å². The fourth-order valence-electron chi connectivity index (χ4n) is 4.30. The summed E-state index contributed by atoms with van der Waals surface area (Å²) in [7, 11) is 0. The van der Waals surface area contributed by atoms with Crippen LogP contribution in [0.5, 0.6) is 0 Å². The van der Waals surface area contributed by atoms with Gasteiger partial charge in [-0.25, -0.2) is 0 Å². The number of carbonyl (C=O) groups excluding carboxylic acids is 1. The summed E-state index contributed by atoms with van der Waals surface area (Å²) in [6.07, 6.45) is 6.29. The highest BCUT2D eigenvalue weighted by atomic mass is 16.3. The van der Waals surface area contributed by atoms with Crippen LogP contribution < -0.4 is 5.32 Å². The Morgan fingerprint density at radius 1 is 0.964 bits per heavy atom. The molecule has 0 bridgehead atoms. The fourth-order valence-corrected chi connectivity index (χ4v) is 4.30. The average molecular weight is 369 g/mol. The monoisotopic (exact) mass is 369 g/mol. The van der Waals surface area contributed by atoms with Crippen molar-refractivity contribution in [3.63, 3.8) is 0 Å². The molecule has 2 heterocycles. The van der Waals surface area contributed by atoms with Crippen LogP contribution in [0.2, 0.25) is 0 Å². The van der Waals surface area contributed by atoms with Crippen molar-refractivity contribution in [2.24, 2.45) is 0 Å². The van der Waals surface area contributed by atoms with Crippen LogP contribution in [0.3, 0.4) is 0 Å². The van der Waals surface area contributed by atoms with Gasteiger partial charge in [0.05, 0.1) is 5.57 Å². The predicted octanol–water partition coefficient (Wildman–Crippen LogP) is 5.93. The summed E-state index contributed by atoms with van der Waals surface area (Å²) in [5.41, 5.74) is 8.50. The van der Waals surface area contributed by atoms with E-state index in [4.69, 9.17) is 4.42 Å². The van der Waals surface area contributed by atoms with Crippen molar-refractivity contribution in [1.29, 1.82) is 0 Å². The van der Waals surface area contributed by atoms with Gasteiger partial charge in [0.25, 0.3) is 5.91 Å². The smallest absolute Gasteiger partial charge is 0.256 e. The van der Waals surface area contributed by atoms with Crippen molar-refractivity contribution in [3.8, 4) is 11.1 Å². The number of rotatable bonds is 2. The Morgan fingerprint density at radius 3 is 2.54 bits per heavy atom. The van der Waals surface area contributed by atoms with E-state index in [1.54, 1.807) is 0 Å². The van der Waals surface area contributed by atoms with Crippen LogP contribution in [0.1, 0.15) is 46.6 Å². The third-order valence-electron chi connectivity index (χ3n) is 5.77. The lowest BCUT2D eigenvalue weighted by Gasteiger charge is -2.11. The largest absolute Gasteiger partial charge is 0.461 e. The molecule has 3 heteroatoms. The minimum absolute atomic E-state index is 0.0650. The van der Waals surface area contributed by atoms with Gasteiger partial charge in [0.15, 0.2) is 0 Å². The van der Waals surface area contributed by atoms with Crippen molar-refractivity contribution in [2.75, 3.05) is 5.32 Å². The molecule has 28 heavy (non-hydrogen) atoms. The molecule has 0 saturated heterocycles. The summed E-state index contributed by atoms with van der Waals surface area (Å²) in [4.78, 5) is 12.7. The Labute approximate surface area is 165 Å². The lowest BCUT2D eigenvalue weighted by Crippen LogP contribution is -2.03. The zero-order chi connectivity index (χ0) is 19.3. The Morgan fingerprint density at radius 2 is 1.71 bits per heavy atom. The molecule has 0 radical (unpaired) electrons. The molecule has 1 aliphatic carbocycles. The van der Waals surface area contributed by atoms with Crippen LogP contribution in [0.25, 0.3) is 22.8 Å². The summed E-state index contributed by atoms with van der Waals surface area (Å²) >= 11 is 0. The summed E-state index contributed by atoms with van der Waals surface area (Å²) in [5.74, 6) is 1.82. The van der Waals surface area contributed by atoms with E-state index in [1.807, 2.05) is 25.1 Å². The topological polar surface area (TPSA) is 42.2 Å². The first kappa shape index (κ1) is 17.1. The van der Waals surface area contributed by atoms with Crippen molar-refractivity contribution in [1.82, 2.24) is 0 Å². The Hall–Kier alpha value is -3.07. The molecule has 1 N–H and O–H groups in total. The molecule has 3 nitrogen and oxygen atoms in total. The third-order valence-corrected chi connectivity index (χ3v) is 5.77. The van der Waals surface area contributed by atoms with E-state index in [2.05, 4.69) is 42.6 Å². The molecule has 0 spiro atoms. The normalized spacial score (nSPS) is 16.8. The van der Waals surface area contributed by atoms with E-state index in [-0.39, 0.29) is 5.91 Å². The molecule has 5 rings (SSSR count). The molecular formula is C25H23NO2. The van der Waals surface area contributed by atoms with Gasteiger partial charge in [-0.2, -0.15) is 0 Å². The lowest BCUT2D eigenvalue weighted by atomic mass is 9.90. The van der Waals surface area contributed by atoms with Crippen molar-refractivity contribution < 1.29 is 9.21 Å². The number of hydrogen-bond donors (Lipinski definition) is 1. The molecule has 1 aliphatic heterocycles. The minimum Gasteiger partial charge on any atom is -0.461 e. The quantitative estimate of drug-likeness (QED) is 0.569. The standard InChI is InChI=1S/C25H23NO2/c1-15-7-10-17(11-8-15)24-18-5-3-4-6-22(18)28-23(24)14-20-19-13-16(2)9-12-21(19)26-25(20)27/h7-14H,3-6H2,1-2H3,(H,26,27). The molecule has 140 valence electrons. The highest BCUT2D eigenvalue weighted by Gasteiger charge is 2.27. The second-order valence-corrected chi connectivity index (χ2v) is 7.88. The number of fused-ring (bicyclic) bond motifs is 2. The maximum atomic E-state index is 12.7. The average Bonchev–Trinajstić information content (AvgIpc) is 3.20. The Kier molecular flexibility index (Phi) is 3.97. The number of furan rings is 1. The highest BCUT2D eigenvalue weighted by molar-refractivity contribution is 6.35. The summed E-state index contributed by atoms with van der Waals surface area (Å²) in [5, 5.41) is 2.97. The SMILES string of the molecule is Cc1ccc(-c2c(C=C3C(=O)Nc4ccc(C)cc43)oc3c2CCCC3)cc1. The molecule has 2 aromatic carbocycles. The summed E-state index contributed by atoms with van der Waals surface area (Å²) in [6.45, 7) is 4.14. The number of hydrogen-bond acceptors (Lipinski definition) is 2. The van der Waals surface area contributed by atoms with Gasteiger partial charge in [0.2, 0.25) is 0 Å². The predicted molar refractivity (Wildman–Crippen MR) is 113 cm³/mol. The number of benzene rings is 2. The maximum absolute atomic E-state index is 12.7. The molecule has 3 aromatic rings. The molecule has 1 aromatic heterocycles. The van der Waals surface area contributed by atoms with Crippen LogP contribution in [-0.2, 0) is 17.6 Å². The number of anilines is 1. The van der Waals surface area contributed by atoms with Gasteiger partial charge in [-0.1, -0.05) is 41.5 Å². The van der Waals surface area contributed by atoms with Gasteiger partial charge in [0.1, 0.15) is 11.5 Å². The van der Waals surface area contributed by atoms with E-state index in [0.29, 0.717) is 5.57 Å². The lowest BCUT2D eigenvalue weighted by molar-refractivity contribution is -0.110. The highest BCUT2D eigenvalue weighted by Crippen LogP contribution is 2.41. The van der Waals surface area contributed by atoms with Gasteiger partial charge in [-0.05, 0) is 56.9 Å². The second-order valence-electron chi connectivity index (χ2n) is 7.88. The molecule has 0 unspecified atom stereocenters. The zero-order valence-electron chi connectivity index (χ0n) is 16.3. The van der Waals surface area contributed by atoms with Crippen molar-refractivity contribution in [3.05, 3.63) is 76.2 Å². The van der Waals surface area contributed by atoms with Crippen LogP contribution >= 0.6 is 0 Å². The number of nitrogens with one attached hydrogen (secondary N) is 1. The van der Waals surface area contributed by atoms with Gasteiger partial charge in [0, 0.05) is 28.8 Å². The molecular weight excluding hydrogens is 346 g/mol. The van der Waals surface area contributed by atoms with E-state index >= 15 is 0 Å². The van der Waals surface area contributed by atoms with Gasteiger partial charge >= 0.3 is 0 Å². The van der Waals surface area contributed by atoms with E-state index in [0.717, 1.165) is 58.7 Å². The van der Waals surface area contributed by atoms with Crippen LogP contribution in [0.4, 0.5) is 5.69 Å². The maximum Gasteiger partial charge on any atom is 0.256 e. The minimum atomic E-state index is -0.0650. The Balaban J connectivity index is 1.70. The molecule has 2 aliphatic rings. The summed E-state index contributed by atoms with van der Waals surface area (Å²) in [6, 6.07) is 14.6. The number of carbonyl (C=O) groups is 1. The molecule has 0 fully saturated rings. The zero-order valence-corrected chi connectivity index (χ0v) is 16.3. The first-order chi connectivity index (χ1) is 13.6. The molecule has 0 atom stereocenters. The van der Waals surface area contributed by atoms with E-state index < -0.39 is 0 Å². The molecule has 1 amide bonds. The van der Waals surface area contributed by atoms with Gasteiger partial charge in [-0.3, -0.25) is 4.79 Å².